The van der Waals surface area contributed by atoms with E-state index in [9.17, 15) is 19.2 Å². The van der Waals surface area contributed by atoms with E-state index in [0.29, 0.717) is 39.3 Å². The van der Waals surface area contributed by atoms with Crippen LogP contribution in [0.5, 0.6) is 0 Å². The van der Waals surface area contributed by atoms with E-state index in [1.165, 1.54) is 11.3 Å². The van der Waals surface area contributed by atoms with Crippen LogP contribution in [0.25, 0.3) is 32.7 Å². The minimum atomic E-state index is -0.0818. The minimum absolute atomic E-state index is 0. The molecule has 5 aliphatic heterocycles. The average molecular weight is 1670 g/mol. The Kier molecular flexibility index (Phi) is 47.2. The second-order valence-corrected chi connectivity index (χ2v) is 26.6. The summed E-state index contributed by atoms with van der Waals surface area (Å²) < 4.78 is 5.96. The molecular weight excluding hydrogens is 1520 g/mol. The second-order valence-electron chi connectivity index (χ2n) is 26.6. The maximum atomic E-state index is 13.1. The molecule has 12 heterocycles. The van der Waals surface area contributed by atoms with Crippen molar-refractivity contribution in [2.75, 3.05) is 186 Å². The highest BCUT2D eigenvalue weighted by molar-refractivity contribution is 6.01. The molecule has 24 heteroatoms. The lowest BCUT2D eigenvalue weighted by atomic mass is 10.1. The topological polar surface area (TPSA) is 212 Å². The molecule has 24 nitrogen and oxygen atoms in total. The van der Waals surface area contributed by atoms with Crippen LogP contribution < -0.4 is 45.8 Å². The Hall–Kier alpha value is -11.8. The monoisotopic (exact) mass is 1670 g/mol. The standard InChI is InChI=1S/C20H25N5O.3C20H23N5O.8C2H6.2CH4/c4*1-21-16-7-5-9-22-19(16)24-10-12-25(13-11-24)20(26)18-14-15-6-3-4-8-17(15)23(18)2;8*1-2;;/h3-9,18,21H,10-14H2,1-2H3;3*3-9,14,21H,10-13H2,1-2H3;8*1-2H3;2*1H4. The first kappa shape index (κ1) is 104. The number of piperazine rings is 4. The lowest BCUT2D eigenvalue weighted by Crippen LogP contribution is -2.54. The zero-order chi connectivity index (χ0) is 88.4. The van der Waals surface area contributed by atoms with Crippen molar-refractivity contribution in [1.29, 1.82) is 0 Å². The Morgan fingerprint density at radius 3 is 0.787 bits per heavy atom. The van der Waals surface area contributed by atoms with Gasteiger partial charge in [0.2, 0.25) is 5.91 Å². The zero-order valence-corrected chi connectivity index (χ0v) is 76.8. The third kappa shape index (κ3) is 25.6. The smallest absolute Gasteiger partial charge is 0.270 e. The Bertz CT molecular complexity index is 4460. The number of benzene rings is 4. The van der Waals surface area contributed by atoms with Crippen molar-refractivity contribution >= 4 is 108 Å². The van der Waals surface area contributed by atoms with Gasteiger partial charge in [-0.15, -0.1) is 0 Å². The number of hydrogen-bond donors (Lipinski definition) is 4. The Labute approximate surface area is 732 Å². The number of rotatable bonds is 12. The number of pyridine rings is 4. The van der Waals surface area contributed by atoms with E-state index in [1.807, 2.05) is 377 Å². The average Bonchev–Trinajstić information content (AvgIpc) is 1.66. The largest absolute Gasteiger partial charge is 0.385 e. The van der Waals surface area contributed by atoms with Crippen LogP contribution in [0.2, 0.25) is 0 Å². The van der Waals surface area contributed by atoms with Crippen molar-refractivity contribution in [2.45, 2.75) is 138 Å². The molecule has 7 aromatic heterocycles. The number of carbonyl (C=O) groups is 4. The van der Waals surface area contributed by atoms with Gasteiger partial charge in [-0.05, 0) is 96.6 Å². The molecule has 666 valence electrons. The van der Waals surface area contributed by atoms with Gasteiger partial charge in [0, 0.05) is 231 Å². The summed E-state index contributed by atoms with van der Waals surface area (Å²) in [7, 11) is 15.5. The fourth-order valence-corrected chi connectivity index (χ4v) is 14.9. The number of anilines is 9. The van der Waals surface area contributed by atoms with Crippen LogP contribution in [-0.2, 0) is 32.4 Å². The van der Waals surface area contributed by atoms with E-state index in [2.05, 4.69) is 77.8 Å². The molecule has 4 saturated heterocycles. The molecule has 16 rings (SSSR count). The Morgan fingerprint density at radius 2 is 0.541 bits per heavy atom. The van der Waals surface area contributed by atoms with E-state index in [1.54, 1.807) is 0 Å². The molecule has 0 saturated carbocycles. The summed E-state index contributed by atoms with van der Waals surface area (Å²) in [4.78, 5) is 89.0. The van der Waals surface area contributed by atoms with E-state index in [0.717, 1.165) is 168 Å². The van der Waals surface area contributed by atoms with Crippen molar-refractivity contribution in [2.24, 2.45) is 21.1 Å². The van der Waals surface area contributed by atoms with Gasteiger partial charge >= 0.3 is 0 Å². The number of nitrogens with one attached hydrogen (secondary N) is 4. The molecule has 0 aliphatic carbocycles. The van der Waals surface area contributed by atoms with E-state index in [4.69, 9.17) is 0 Å². The van der Waals surface area contributed by atoms with E-state index < -0.39 is 0 Å². The quantitative estimate of drug-likeness (QED) is 0.0895. The van der Waals surface area contributed by atoms with Crippen molar-refractivity contribution < 1.29 is 19.2 Å². The molecule has 0 bridgehead atoms. The third-order valence-electron chi connectivity index (χ3n) is 20.8. The fraction of sp³-hybridized carbons (Fsp3) is 0.449. The van der Waals surface area contributed by atoms with Gasteiger partial charge < -0.3 is 79.1 Å². The van der Waals surface area contributed by atoms with E-state index in [-0.39, 0.29) is 44.5 Å². The van der Waals surface area contributed by atoms with Gasteiger partial charge in [0.15, 0.2) is 23.3 Å². The molecule has 11 aromatic rings. The maximum Gasteiger partial charge on any atom is 0.270 e. The predicted octanol–water partition coefficient (Wildman–Crippen LogP) is 19.0. The lowest BCUT2D eigenvalue weighted by molar-refractivity contribution is -0.132. The summed E-state index contributed by atoms with van der Waals surface area (Å²) >= 11 is 0. The van der Waals surface area contributed by atoms with Crippen LogP contribution in [0.4, 0.5) is 51.7 Å². The molecule has 4 aromatic carbocycles. The SMILES string of the molecule is C.C.CC.CC.CC.CC.CC.CC.CC.CC.CNc1cccnc1N1CCN(C(=O)C2Cc3ccccc3N2C)CC1.CNc1cccnc1N1CCN(C(=O)c2cc3ccccc3n2C)CC1.CNc1cccnc1N1CCN(C(=O)c2cc3ccccc3n2C)CC1.CNc1cccnc1N1CCN(C(=O)c2cc3ccccc3n2C)CC1. The van der Waals surface area contributed by atoms with Gasteiger partial charge in [0.25, 0.3) is 17.7 Å². The number of fused-ring (bicyclic) bond motifs is 4. The van der Waals surface area contributed by atoms with Crippen LogP contribution in [0, 0.1) is 0 Å². The third-order valence-corrected chi connectivity index (χ3v) is 20.8. The Balaban J connectivity index is 0.000000395. The number of amides is 4. The maximum absolute atomic E-state index is 13.1. The first-order valence-corrected chi connectivity index (χ1v) is 43.9. The van der Waals surface area contributed by atoms with Gasteiger partial charge in [-0.25, -0.2) is 19.9 Å². The number of aromatic nitrogens is 7. The van der Waals surface area contributed by atoms with Gasteiger partial charge in [0.05, 0.1) is 22.7 Å². The van der Waals surface area contributed by atoms with Crippen molar-refractivity contribution in [3.8, 4) is 0 Å². The number of aryl methyl sites for hydroxylation is 3. The minimum Gasteiger partial charge on any atom is -0.385 e. The van der Waals surface area contributed by atoms with Crippen LogP contribution in [0.3, 0.4) is 0 Å². The van der Waals surface area contributed by atoms with Crippen molar-refractivity contribution in [1.82, 2.24) is 53.2 Å². The predicted molar refractivity (Wildman–Crippen MR) is 524 cm³/mol. The van der Waals surface area contributed by atoms with Crippen LogP contribution in [0.1, 0.15) is 163 Å². The summed E-state index contributed by atoms with van der Waals surface area (Å²) in [6.07, 6.45) is 8.05. The molecule has 122 heavy (non-hydrogen) atoms. The van der Waals surface area contributed by atoms with Crippen LogP contribution >= 0.6 is 0 Å². The number of hydrogen-bond acceptors (Lipinski definition) is 17. The van der Waals surface area contributed by atoms with Crippen LogP contribution in [0.15, 0.2) is 189 Å². The molecule has 1 unspecified atom stereocenters. The molecular formula is C98H150N20O4. The number of nitrogens with zero attached hydrogens (tertiary/aromatic N) is 16. The first-order chi connectivity index (χ1) is 58.7. The van der Waals surface area contributed by atoms with Gasteiger partial charge in [-0.2, -0.15) is 0 Å². The van der Waals surface area contributed by atoms with Gasteiger partial charge in [-0.3, -0.25) is 19.2 Å². The molecule has 4 fully saturated rings. The van der Waals surface area contributed by atoms with Crippen molar-refractivity contribution in [3.05, 3.63) is 211 Å². The highest BCUT2D eigenvalue weighted by Crippen LogP contribution is 2.34. The Morgan fingerprint density at radius 1 is 0.303 bits per heavy atom. The fourth-order valence-electron chi connectivity index (χ4n) is 14.9. The number of carbonyl (C=O) groups excluding carboxylic acids is 4. The second kappa shape index (κ2) is 55.2. The highest BCUT2D eigenvalue weighted by Gasteiger charge is 2.37. The first-order valence-electron chi connectivity index (χ1n) is 43.9. The summed E-state index contributed by atoms with van der Waals surface area (Å²) in [6, 6.07) is 54.3. The van der Waals surface area contributed by atoms with Crippen LogP contribution in [-0.4, -0.2) is 223 Å². The highest BCUT2D eigenvalue weighted by atomic mass is 16.2. The normalized spacial score (nSPS) is 13.9. The van der Waals surface area contributed by atoms with Crippen molar-refractivity contribution in [3.63, 3.8) is 0 Å². The number of likely N-dealkylation sites (N-methyl/N-ethyl adjacent to an activating group) is 1. The molecule has 0 spiro atoms. The number of para-hydroxylation sites is 4. The zero-order valence-electron chi connectivity index (χ0n) is 76.8. The summed E-state index contributed by atoms with van der Waals surface area (Å²) in [6.45, 7) is 43.9. The van der Waals surface area contributed by atoms with E-state index >= 15 is 0 Å². The summed E-state index contributed by atoms with van der Waals surface area (Å²) in [5.74, 6) is 4.34. The summed E-state index contributed by atoms with van der Waals surface area (Å²) in [5, 5.41) is 16.1. The van der Waals surface area contributed by atoms with Gasteiger partial charge in [0.1, 0.15) is 23.1 Å². The molecule has 4 N–H and O–H groups in total. The van der Waals surface area contributed by atoms with Gasteiger partial charge in [-0.1, -0.05) is 198 Å². The molecule has 5 aliphatic rings. The molecule has 4 amide bonds. The molecule has 0 radical (unpaired) electrons. The summed E-state index contributed by atoms with van der Waals surface area (Å²) in [5.41, 5.74) is 12.0. The molecule has 1 atom stereocenters. The lowest BCUT2D eigenvalue weighted by Gasteiger charge is -2.38.